The Morgan fingerprint density at radius 1 is 1.50 bits per heavy atom. The number of thioether (sulfide) groups is 1. The number of rotatable bonds is 2. The monoisotopic (exact) mass is 253 g/mol. The summed E-state index contributed by atoms with van der Waals surface area (Å²) < 4.78 is 1.71. The normalized spacial score (nSPS) is 20.7. The zero-order valence-corrected chi connectivity index (χ0v) is 10.3. The van der Waals surface area contributed by atoms with Gasteiger partial charge in [0, 0.05) is 6.42 Å². The number of aromatic nitrogens is 3. The van der Waals surface area contributed by atoms with E-state index in [1.807, 2.05) is 30.0 Å². The molecule has 0 radical (unpaired) electrons. The van der Waals surface area contributed by atoms with E-state index in [1.54, 1.807) is 4.52 Å². The molecule has 1 aliphatic heterocycles. The van der Waals surface area contributed by atoms with Crippen LogP contribution >= 0.6 is 23.4 Å². The summed E-state index contributed by atoms with van der Waals surface area (Å²) in [7, 11) is 0. The molecule has 1 saturated heterocycles. The van der Waals surface area contributed by atoms with Crippen LogP contribution in [-0.4, -0.2) is 26.1 Å². The molecule has 2 aromatic heterocycles. The molecule has 1 atom stereocenters. The molecule has 1 aliphatic rings. The number of fused-ring (bicyclic) bond motifs is 1. The van der Waals surface area contributed by atoms with Gasteiger partial charge in [-0.2, -0.15) is 11.8 Å². The lowest BCUT2D eigenvalue weighted by molar-refractivity contribution is 0.576. The zero-order valence-electron chi connectivity index (χ0n) is 8.77. The van der Waals surface area contributed by atoms with Crippen molar-refractivity contribution in [2.24, 2.45) is 5.92 Å². The number of hydrogen-bond donors (Lipinski definition) is 0. The van der Waals surface area contributed by atoms with Crippen molar-refractivity contribution in [2.75, 3.05) is 11.5 Å². The molecule has 0 bridgehead atoms. The minimum atomic E-state index is 0.622. The SMILES string of the molecule is Clc1cccc2nc(CC3CCSC3)nn12. The molecule has 0 spiro atoms. The number of pyridine rings is 1. The Labute approximate surface area is 103 Å². The third kappa shape index (κ3) is 1.92. The number of halogens is 1. The smallest absolute Gasteiger partial charge is 0.157 e. The maximum atomic E-state index is 6.04. The van der Waals surface area contributed by atoms with E-state index >= 15 is 0 Å². The molecule has 2 aromatic rings. The number of hydrogen-bond acceptors (Lipinski definition) is 3. The van der Waals surface area contributed by atoms with Crippen LogP contribution in [0.5, 0.6) is 0 Å². The van der Waals surface area contributed by atoms with E-state index < -0.39 is 0 Å². The van der Waals surface area contributed by atoms with E-state index in [2.05, 4.69) is 10.1 Å². The maximum absolute atomic E-state index is 6.04. The second kappa shape index (κ2) is 4.26. The molecule has 1 fully saturated rings. The molecular formula is C11H12ClN3S. The highest BCUT2D eigenvalue weighted by atomic mass is 35.5. The summed E-state index contributed by atoms with van der Waals surface area (Å²) in [5, 5.41) is 5.06. The summed E-state index contributed by atoms with van der Waals surface area (Å²) in [5.41, 5.74) is 0.841. The predicted octanol–water partition coefficient (Wildman–Crippen LogP) is 2.68. The Hall–Kier alpha value is -0.740. The van der Waals surface area contributed by atoms with Gasteiger partial charge in [-0.25, -0.2) is 9.50 Å². The Morgan fingerprint density at radius 3 is 3.19 bits per heavy atom. The van der Waals surface area contributed by atoms with E-state index in [-0.39, 0.29) is 0 Å². The van der Waals surface area contributed by atoms with Gasteiger partial charge in [-0.3, -0.25) is 0 Å². The third-order valence-electron chi connectivity index (χ3n) is 2.85. The second-order valence-electron chi connectivity index (χ2n) is 4.08. The van der Waals surface area contributed by atoms with Crippen molar-refractivity contribution >= 4 is 29.0 Å². The molecule has 16 heavy (non-hydrogen) atoms. The van der Waals surface area contributed by atoms with Gasteiger partial charge in [-0.1, -0.05) is 17.7 Å². The van der Waals surface area contributed by atoms with Crippen LogP contribution in [0.3, 0.4) is 0 Å². The van der Waals surface area contributed by atoms with Crippen LogP contribution in [-0.2, 0) is 6.42 Å². The second-order valence-corrected chi connectivity index (χ2v) is 5.62. The molecule has 3 nitrogen and oxygen atoms in total. The fourth-order valence-electron chi connectivity index (χ4n) is 2.01. The summed E-state index contributed by atoms with van der Waals surface area (Å²) in [6.45, 7) is 0. The molecule has 0 saturated carbocycles. The molecule has 0 aliphatic carbocycles. The first-order chi connectivity index (χ1) is 7.83. The van der Waals surface area contributed by atoms with Gasteiger partial charge >= 0.3 is 0 Å². The molecule has 3 rings (SSSR count). The topological polar surface area (TPSA) is 30.2 Å². The Balaban J connectivity index is 1.90. The van der Waals surface area contributed by atoms with Crippen molar-refractivity contribution in [3.8, 4) is 0 Å². The largest absolute Gasteiger partial charge is 0.212 e. The molecule has 5 heteroatoms. The summed E-state index contributed by atoms with van der Waals surface area (Å²) in [6.07, 6.45) is 2.26. The minimum absolute atomic E-state index is 0.622. The van der Waals surface area contributed by atoms with Gasteiger partial charge in [0.25, 0.3) is 0 Å². The first kappa shape index (κ1) is 10.4. The van der Waals surface area contributed by atoms with Crippen molar-refractivity contribution in [2.45, 2.75) is 12.8 Å². The summed E-state index contributed by atoms with van der Waals surface area (Å²) in [6, 6.07) is 5.67. The average Bonchev–Trinajstić information content (AvgIpc) is 2.88. The van der Waals surface area contributed by atoms with Crippen LogP contribution in [0.4, 0.5) is 0 Å². The molecule has 0 aromatic carbocycles. The van der Waals surface area contributed by atoms with Gasteiger partial charge in [0.05, 0.1) is 0 Å². The molecule has 84 valence electrons. The lowest BCUT2D eigenvalue weighted by Gasteiger charge is -2.02. The van der Waals surface area contributed by atoms with E-state index in [9.17, 15) is 0 Å². The van der Waals surface area contributed by atoms with Crippen molar-refractivity contribution in [1.29, 1.82) is 0 Å². The Bertz CT molecular complexity index is 505. The Morgan fingerprint density at radius 2 is 2.44 bits per heavy atom. The van der Waals surface area contributed by atoms with Gasteiger partial charge in [0.15, 0.2) is 11.5 Å². The third-order valence-corrected chi connectivity index (χ3v) is 4.37. The van der Waals surface area contributed by atoms with Gasteiger partial charge in [-0.15, -0.1) is 5.10 Å². The quantitative estimate of drug-likeness (QED) is 0.771. The highest BCUT2D eigenvalue weighted by molar-refractivity contribution is 7.99. The van der Waals surface area contributed by atoms with E-state index in [4.69, 9.17) is 11.6 Å². The van der Waals surface area contributed by atoms with Crippen molar-refractivity contribution in [3.05, 3.63) is 29.2 Å². The van der Waals surface area contributed by atoms with Gasteiger partial charge in [0.2, 0.25) is 0 Å². The standard InChI is InChI=1S/C11H12ClN3S/c12-9-2-1-3-11-13-10(14-15(9)11)6-8-4-5-16-7-8/h1-3,8H,4-7H2. The average molecular weight is 254 g/mol. The van der Waals surface area contributed by atoms with Crippen molar-refractivity contribution in [1.82, 2.24) is 14.6 Å². The highest BCUT2D eigenvalue weighted by Crippen LogP contribution is 2.26. The summed E-state index contributed by atoms with van der Waals surface area (Å²) in [4.78, 5) is 4.50. The van der Waals surface area contributed by atoms with Crippen LogP contribution < -0.4 is 0 Å². The van der Waals surface area contributed by atoms with Gasteiger partial charge in [0.1, 0.15) is 5.15 Å². The van der Waals surface area contributed by atoms with Crippen LogP contribution in [0.15, 0.2) is 18.2 Å². The fourth-order valence-corrected chi connectivity index (χ4v) is 3.49. The number of nitrogens with zero attached hydrogens (tertiary/aromatic N) is 3. The van der Waals surface area contributed by atoms with Crippen LogP contribution in [0.1, 0.15) is 12.2 Å². The predicted molar refractivity (Wildman–Crippen MR) is 67.1 cm³/mol. The summed E-state index contributed by atoms with van der Waals surface area (Å²) in [5.74, 6) is 4.17. The highest BCUT2D eigenvalue weighted by Gasteiger charge is 2.18. The first-order valence-corrected chi connectivity index (χ1v) is 6.94. The maximum Gasteiger partial charge on any atom is 0.157 e. The molecule has 0 amide bonds. The Kier molecular flexibility index (Phi) is 2.77. The van der Waals surface area contributed by atoms with Crippen LogP contribution in [0.25, 0.3) is 5.65 Å². The molecular weight excluding hydrogens is 242 g/mol. The molecule has 3 heterocycles. The van der Waals surface area contributed by atoms with Crippen LogP contribution in [0.2, 0.25) is 5.15 Å². The molecule has 0 N–H and O–H groups in total. The minimum Gasteiger partial charge on any atom is -0.212 e. The summed E-state index contributed by atoms with van der Waals surface area (Å²) >= 11 is 8.07. The van der Waals surface area contributed by atoms with Crippen LogP contribution in [0, 0.1) is 5.92 Å². The van der Waals surface area contributed by atoms with E-state index in [1.165, 1.54) is 17.9 Å². The van der Waals surface area contributed by atoms with Gasteiger partial charge in [-0.05, 0) is 36.0 Å². The van der Waals surface area contributed by atoms with Crippen molar-refractivity contribution in [3.63, 3.8) is 0 Å². The van der Waals surface area contributed by atoms with E-state index in [0.29, 0.717) is 5.15 Å². The zero-order chi connectivity index (χ0) is 11.0. The molecule has 1 unspecified atom stereocenters. The lowest BCUT2D eigenvalue weighted by Crippen LogP contribution is -2.04. The first-order valence-electron chi connectivity index (χ1n) is 5.41. The van der Waals surface area contributed by atoms with E-state index in [0.717, 1.165) is 23.8 Å². The lowest BCUT2D eigenvalue weighted by atomic mass is 10.1. The van der Waals surface area contributed by atoms with Crippen molar-refractivity contribution < 1.29 is 0 Å². The fraction of sp³-hybridized carbons (Fsp3) is 0.455. The van der Waals surface area contributed by atoms with Gasteiger partial charge < -0.3 is 0 Å².